The zero-order chi connectivity index (χ0) is 19.9. The van der Waals surface area contributed by atoms with Gasteiger partial charge in [0.15, 0.2) is 0 Å². The number of aromatic nitrogens is 1. The number of ether oxygens (including phenoxy) is 1. The third-order valence-electron chi connectivity index (χ3n) is 4.99. The molecule has 0 atom stereocenters. The van der Waals surface area contributed by atoms with Crippen LogP contribution in [0.25, 0.3) is 22.0 Å². The van der Waals surface area contributed by atoms with Crippen LogP contribution in [0.3, 0.4) is 0 Å². The maximum atomic E-state index is 12.5. The summed E-state index contributed by atoms with van der Waals surface area (Å²) in [7, 11) is 0. The maximum Gasteiger partial charge on any atom is 0.410 e. The van der Waals surface area contributed by atoms with Crippen molar-refractivity contribution in [1.82, 2.24) is 9.88 Å². The number of rotatable bonds is 1. The van der Waals surface area contributed by atoms with E-state index >= 15 is 0 Å². The molecule has 0 unspecified atom stereocenters. The first-order chi connectivity index (χ1) is 13.4. The van der Waals surface area contributed by atoms with Gasteiger partial charge in [-0.2, -0.15) is 5.26 Å². The maximum absolute atomic E-state index is 12.5. The predicted molar refractivity (Wildman–Crippen MR) is 109 cm³/mol. The minimum atomic E-state index is -0.508. The van der Waals surface area contributed by atoms with Gasteiger partial charge in [0, 0.05) is 35.1 Å². The smallest absolute Gasteiger partial charge is 0.410 e. The highest BCUT2D eigenvalue weighted by Gasteiger charge is 2.27. The van der Waals surface area contributed by atoms with E-state index in [9.17, 15) is 10.1 Å². The number of fused-ring (bicyclic) bond motifs is 3. The Kier molecular flexibility index (Phi) is 4.35. The van der Waals surface area contributed by atoms with E-state index in [0.717, 1.165) is 34.0 Å². The number of benzene rings is 2. The molecule has 0 aliphatic carbocycles. The topological polar surface area (TPSA) is 69.1 Å². The first-order valence-electron chi connectivity index (χ1n) is 9.46. The van der Waals surface area contributed by atoms with Gasteiger partial charge in [0.2, 0.25) is 0 Å². The van der Waals surface area contributed by atoms with Crippen molar-refractivity contribution in [3.63, 3.8) is 0 Å². The molecule has 3 aromatic rings. The molecule has 0 radical (unpaired) electrons. The number of carbonyl (C=O) groups is 1. The van der Waals surface area contributed by atoms with Gasteiger partial charge in [-0.25, -0.2) is 4.79 Å². The quantitative estimate of drug-likeness (QED) is 0.652. The van der Waals surface area contributed by atoms with Gasteiger partial charge in [-0.05, 0) is 50.1 Å². The van der Waals surface area contributed by atoms with Crippen molar-refractivity contribution < 1.29 is 9.53 Å². The van der Waals surface area contributed by atoms with E-state index in [1.54, 1.807) is 4.90 Å². The Morgan fingerprint density at radius 2 is 2.00 bits per heavy atom. The number of hydrogen-bond acceptors (Lipinski definition) is 3. The van der Waals surface area contributed by atoms with Crippen molar-refractivity contribution in [3.05, 3.63) is 59.3 Å². The average Bonchev–Trinajstić information content (AvgIpc) is 3.03. The monoisotopic (exact) mass is 373 g/mol. The molecule has 1 aliphatic rings. The highest BCUT2D eigenvalue weighted by Crippen LogP contribution is 2.33. The van der Waals surface area contributed by atoms with E-state index in [1.165, 1.54) is 5.69 Å². The summed E-state index contributed by atoms with van der Waals surface area (Å²) in [5, 5.41) is 10.5. The van der Waals surface area contributed by atoms with Crippen molar-refractivity contribution in [2.45, 2.75) is 39.3 Å². The van der Waals surface area contributed by atoms with Crippen LogP contribution in [0.15, 0.2) is 42.5 Å². The number of nitrogens with one attached hydrogen (secondary N) is 1. The van der Waals surface area contributed by atoms with Crippen molar-refractivity contribution >= 4 is 17.0 Å². The van der Waals surface area contributed by atoms with E-state index in [-0.39, 0.29) is 6.09 Å². The van der Waals surface area contributed by atoms with Crippen molar-refractivity contribution in [2.75, 3.05) is 6.54 Å². The van der Waals surface area contributed by atoms with E-state index in [4.69, 9.17) is 4.74 Å². The summed E-state index contributed by atoms with van der Waals surface area (Å²) in [4.78, 5) is 17.8. The van der Waals surface area contributed by atoms with E-state index in [2.05, 4.69) is 23.2 Å². The van der Waals surface area contributed by atoms with Gasteiger partial charge >= 0.3 is 6.09 Å². The van der Waals surface area contributed by atoms with Crippen LogP contribution in [-0.2, 0) is 17.7 Å². The van der Waals surface area contributed by atoms with Crippen LogP contribution in [0.2, 0.25) is 0 Å². The van der Waals surface area contributed by atoms with Crippen LogP contribution in [0.5, 0.6) is 0 Å². The lowest BCUT2D eigenvalue weighted by Crippen LogP contribution is -2.39. The second kappa shape index (κ2) is 6.72. The molecule has 0 bridgehead atoms. The molecule has 2 heterocycles. The number of nitriles is 1. The lowest BCUT2D eigenvalue weighted by atomic mass is 9.97. The molecular weight excluding hydrogens is 350 g/mol. The Morgan fingerprint density at radius 1 is 1.21 bits per heavy atom. The summed E-state index contributed by atoms with van der Waals surface area (Å²) in [5.41, 5.74) is 5.41. The van der Waals surface area contributed by atoms with Crippen LogP contribution in [0, 0.1) is 11.3 Å². The third kappa shape index (κ3) is 3.34. The third-order valence-corrected chi connectivity index (χ3v) is 4.99. The standard InChI is InChI=1S/C23H23N3O2/c1-23(2,3)28-22(27)26-11-10-21-19(14-26)18-12-15(8-9-20(18)25-21)17-7-5-4-6-16(17)13-24/h4-9,12,25H,10-11,14H2,1-3H3. The fourth-order valence-corrected chi connectivity index (χ4v) is 3.70. The first-order valence-corrected chi connectivity index (χ1v) is 9.46. The first kappa shape index (κ1) is 18.1. The van der Waals surface area contributed by atoms with Gasteiger partial charge < -0.3 is 14.6 Å². The number of carbonyl (C=O) groups excluding carboxylic acids is 1. The highest BCUT2D eigenvalue weighted by atomic mass is 16.6. The molecule has 28 heavy (non-hydrogen) atoms. The molecule has 142 valence electrons. The minimum Gasteiger partial charge on any atom is -0.444 e. The van der Waals surface area contributed by atoms with E-state index in [1.807, 2.05) is 51.1 Å². The Balaban J connectivity index is 1.72. The van der Waals surface area contributed by atoms with E-state index < -0.39 is 5.60 Å². The zero-order valence-electron chi connectivity index (χ0n) is 16.4. The van der Waals surface area contributed by atoms with Crippen LogP contribution < -0.4 is 0 Å². The largest absolute Gasteiger partial charge is 0.444 e. The summed E-state index contributed by atoms with van der Waals surface area (Å²) < 4.78 is 5.54. The molecule has 0 spiro atoms. The SMILES string of the molecule is CC(C)(C)OC(=O)N1CCc2[nH]c3ccc(-c4ccccc4C#N)cc3c2C1. The Bertz CT molecular complexity index is 1100. The van der Waals surface area contributed by atoms with Gasteiger partial charge in [0.05, 0.1) is 18.2 Å². The molecule has 0 fully saturated rings. The second-order valence-corrected chi connectivity index (χ2v) is 8.15. The van der Waals surface area contributed by atoms with Gasteiger partial charge in [-0.3, -0.25) is 0 Å². The van der Waals surface area contributed by atoms with E-state index in [0.29, 0.717) is 18.7 Å². The molecule has 5 heteroatoms. The van der Waals surface area contributed by atoms with Crippen molar-refractivity contribution in [2.24, 2.45) is 0 Å². The molecule has 1 N–H and O–H groups in total. The number of nitrogens with zero attached hydrogens (tertiary/aromatic N) is 2. The van der Waals surface area contributed by atoms with Crippen molar-refractivity contribution in [1.29, 1.82) is 5.26 Å². The summed E-state index contributed by atoms with van der Waals surface area (Å²) >= 11 is 0. The molecule has 0 saturated heterocycles. The lowest BCUT2D eigenvalue weighted by Gasteiger charge is -2.30. The number of H-pyrrole nitrogens is 1. The normalized spacial score (nSPS) is 13.9. The lowest BCUT2D eigenvalue weighted by molar-refractivity contribution is 0.0224. The molecule has 1 amide bonds. The Labute approximate surface area is 164 Å². The van der Waals surface area contributed by atoms with Crippen LogP contribution in [0.1, 0.15) is 37.6 Å². The molecular formula is C23H23N3O2. The van der Waals surface area contributed by atoms with Crippen molar-refractivity contribution in [3.8, 4) is 17.2 Å². The zero-order valence-corrected chi connectivity index (χ0v) is 16.4. The molecule has 4 rings (SSSR count). The van der Waals surface area contributed by atoms with Crippen LogP contribution in [0.4, 0.5) is 4.79 Å². The molecule has 1 aliphatic heterocycles. The number of amides is 1. The van der Waals surface area contributed by atoms with Gasteiger partial charge in [0.25, 0.3) is 0 Å². The molecule has 1 aromatic heterocycles. The van der Waals surface area contributed by atoms with Gasteiger partial charge in [-0.1, -0.05) is 24.3 Å². The Morgan fingerprint density at radius 3 is 2.75 bits per heavy atom. The average molecular weight is 373 g/mol. The number of aromatic amines is 1. The molecule has 0 saturated carbocycles. The van der Waals surface area contributed by atoms with Crippen LogP contribution >= 0.6 is 0 Å². The molecule has 2 aromatic carbocycles. The number of hydrogen-bond donors (Lipinski definition) is 1. The highest BCUT2D eigenvalue weighted by molar-refractivity contribution is 5.90. The summed E-state index contributed by atoms with van der Waals surface area (Å²) in [6, 6.07) is 16.1. The van der Waals surface area contributed by atoms with Gasteiger partial charge in [-0.15, -0.1) is 0 Å². The molecule has 5 nitrogen and oxygen atoms in total. The predicted octanol–water partition coefficient (Wildman–Crippen LogP) is 5.00. The van der Waals surface area contributed by atoms with Crippen LogP contribution in [-0.4, -0.2) is 28.1 Å². The summed E-state index contributed by atoms with van der Waals surface area (Å²) in [5.74, 6) is 0. The minimum absolute atomic E-state index is 0.279. The summed E-state index contributed by atoms with van der Waals surface area (Å²) in [6.45, 7) is 6.80. The second-order valence-electron chi connectivity index (χ2n) is 8.15. The fraction of sp³-hybridized carbons (Fsp3) is 0.304. The fourth-order valence-electron chi connectivity index (χ4n) is 3.70. The summed E-state index contributed by atoms with van der Waals surface area (Å²) in [6.07, 6.45) is 0.492. The Hall–Kier alpha value is -3.26. The van der Waals surface area contributed by atoms with Gasteiger partial charge in [0.1, 0.15) is 5.60 Å².